The highest BCUT2D eigenvalue weighted by molar-refractivity contribution is 5.87. The third kappa shape index (κ3) is 2.88. The molecule has 2 fully saturated rings. The summed E-state index contributed by atoms with van der Waals surface area (Å²) < 4.78 is 29.4. The molecule has 0 radical (unpaired) electrons. The number of nitrogens with zero attached hydrogens (tertiary/aromatic N) is 2. The maximum Gasteiger partial charge on any atom is 0.240 e. The van der Waals surface area contributed by atoms with Gasteiger partial charge in [0.15, 0.2) is 23.0 Å². The first kappa shape index (κ1) is 22.1. The van der Waals surface area contributed by atoms with Gasteiger partial charge in [0.05, 0.1) is 37.4 Å². The number of piperazine rings is 1. The third-order valence-electron chi connectivity index (χ3n) is 9.65. The number of benzene rings is 3. The molecule has 0 spiro atoms. The van der Waals surface area contributed by atoms with E-state index in [1.54, 1.807) is 0 Å². The number of hydrogen-bond donors (Lipinski definition) is 0. The van der Waals surface area contributed by atoms with Gasteiger partial charge in [-0.3, -0.25) is 9.69 Å². The van der Waals surface area contributed by atoms with Crippen molar-refractivity contribution in [3.8, 4) is 23.0 Å². The highest BCUT2D eigenvalue weighted by atomic mass is 16.7. The lowest BCUT2D eigenvalue weighted by Gasteiger charge is -2.63. The van der Waals surface area contributed by atoms with Gasteiger partial charge in [-0.05, 0) is 71.8 Å². The minimum Gasteiger partial charge on any atom is -0.454 e. The number of fused-ring (bicyclic) bond motifs is 8. The maximum absolute atomic E-state index is 14.2. The van der Waals surface area contributed by atoms with E-state index < -0.39 is 0 Å². The van der Waals surface area contributed by atoms with Gasteiger partial charge in [-0.25, -0.2) is 0 Å². The topological polar surface area (TPSA) is 69.7 Å². The quantitative estimate of drug-likeness (QED) is 0.506. The molecule has 8 nitrogen and oxygen atoms in total. The Hall–Kier alpha value is -3.75. The maximum atomic E-state index is 14.2. The average Bonchev–Trinajstić information content (AvgIpc) is 3.64. The Labute approximate surface area is 226 Å². The van der Waals surface area contributed by atoms with Gasteiger partial charge in [0.1, 0.15) is 0 Å². The van der Waals surface area contributed by atoms with E-state index in [-0.39, 0.29) is 49.2 Å². The van der Waals surface area contributed by atoms with Crippen molar-refractivity contribution in [3.05, 3.63) is 82.4 Å². The molecule has 9 rings (SSSR count). The van der Waals surface area contributed by atoms with Crippen LogP contribution in [0.15, 0.2) is 54.6 Å². The highest BCUT2D eigenvalue weighted by Gasteiger charge is 2.68. The summed E-state index contributed by atoms with van der Waals surface area (Å²) in [4.78, 5) is 18.8. The summed E-state index contributed by atoms with van der Waals surface area (Å²) in [7, 11) is 0. The number of rotatable bonds is 4. The van der Waals surface area contributed by atoms with Crippen molar-refractivity contribution in [1.29, 1.82) is 0 Å². The first-order chi connectivity index (χ1) is 19.1. The second-order valence-electron chi connectivity index (χ2n) is 11.6. The zero-order chi connectivity index (χ0) is 25.9. The smallest absolute Gasteiger partial charge is 0.240 e. The van der Waals surface area contributed by atoms with Crippen molar-refractivity contribution in [2.75, 3.05) is 20.2 Å². The predicted molar refractivity (Wildman–Crippen MR) is 139 cm³/mol. The number of ether oxygens (including phenoxy) is 5. The van der Waals surface area contributed by atoms with Crippen LogP contribution in [-0.4, -0.2) is 48.0 Å². The molecular formula is C31H28N2O6. The zero-order valence-electron chi connectivity index (χ0n) is 21.6. The largest absolute Gasteiger partial charge is 0.454 e. The van der Waals surface area contributed by atoms with Gasteiger partial charge in [-0.15, -0.1) is 0 Å². The lowest BCUT2D eigenvalue weighted by Crippen LogP contribution is -2.73. The standard InChI is InChI=1S/C31H28N2O6/c1-31-12-23-30(34)32-22(29(33(23)31)20-10-27-28(11-21(20)31)39-16-38-27)7-18-8-25-26(37-15-36-25)9-19(18)24(32)14-35-13-17-5-3-2-4-6-17/h2-6,8-11,22-24,29H,7,12-16H2,1H3. The van der Waals surface area contributed by atoms with Crippen LogP contribution in [0.1, 0.15) is 53.2 Å². The molecule has 39 heavy (non-hydrogen) atoms. The fraction of sp³-hybridized carbons (Fsp3) is 0.387. The van der Waals surface area contributed by atoms with E-state index >= 15 is 0 Å². The molecule has 0 N–H and O–H groups in total. The number of carbonyl (C=O) groups excluding carboxylic acids is 1. The van der Waals surface area contributed by atoms with Crippen LogP contribution in [0.2, 0.25) is 0 Å². The molecule has 6 heterocycles. The third-order valence-corrected chi connectivity index (χ3v) is 9.65. The minimum absolute atomic E-state index is 0.0341. The first-order valence-corrected chi connectivity index (χ1v) is 13.7. The molecule has 198 valence electrons. The van der Waals surface area contributed by atoms with Gasteiger partial charge in [0, 0.05) is 5.54 Å². The zero-order valence-corrected chi connectivity index (χ0v) is 21.6. The van der Waals surface area contributed by atoms with Crippen LogP contribution in [0.4, 0.5) is 0 Å². The summed E-state index contributed by atoms with van der Waals surface area (Å²) in [6.07, 6.45) is 1.54. The number of amides is 1. The molecule has 8 heteroatoms. The summed E-state index contributed by atoms with van der Waals surface area (Å²) in [5.41, 5.74) is 5.73. The highest BCUT2D eigenvalue weighted by Crippen LogP contribution is 2.64. The molecule has 3 aromatic carbocycles. The predicted octanol–water partition coefficient (Wildman–Crippen LogP) is 4.21. The second kappa shape index (κ2) is 7.67. The molecule has 5 atom stereocenters. The Morgan fingerprint density at radius 3 is 2.38 bits per heavy atom. The van der Waals surface area contributed by atoms with E-state index in [1.165, 1.54) is 16.7 Å². The summed E-state index contributed by atoms with van der Waals surface area (Å²) in [6, 6.07) is 18.3. The summed E-state index contributed by atoms with van der Waals surface area (Å²) >= 11 is 0. The SMILES string of the molecule is CC12CC3C(=O)N4C(COCc5ccccc5)c5cc6c(cc5CC4C(c4cc5c(cc41)OCO5)N32)OCO6. The number of hydrogen-bond acceptors (Lipinski definition) is 7. The Morgan fingerprint density at radius 1 is 0.923 bits per heavy atom. The van der Waals surface area contributed by atoms with Crippen LogP contribution in [0, 0.1) is 0 Å². The van der Waals surface area contributed by atoms with Crippen LogP contribution < -0.4 is 18.9 Å². The summed E-state index contributed by atoms with van der Waals surface area (Å²) in [6.45, 7) is 3.64. The van der Waals surface area contributed by atoms with E-state index in [4.69, 9.17) is 23.7 Å². The lowest BCUT2D eigenvalue weighted by molar-refractivity contribution is -0.190. The molecule has 2 saturated heterocycles. The van der Waals surface area contributed by atoms with Crippen molar-refractivity contribution in [1.82, 2.24) is 9.80 Å². The normalized spacial score (nSPS) is 30.4. The van der Waals surface area contributed by atoms with Gasteiger partial charge in [0.25, 0.3) is 0 Å². The summed E-state index contributed by atoms with van der Waals surface area (Å²) in [5.74, 6) is 3.30. The Morgan fingerprint density at radius 2 is 1.62 bits per heavy atom. The lowest BCUT2D eigenvalue weighted by atomic mass is 9.73. The van der Waals surface area contributed by atoms with E-state index in [0.717, 1.165) is 47.0 Å². The molecule has 0 bridgehead atoms. The van der Waals surface area contributed by atoms with Crippen LogP contribution in [-0.2, 0) is 28.1 Å². The van der Waals surface area contributed by atoms with Crippen molar-refractivity contribution in [2.45, 2.75) is 56.1 Å². The van der Waals surface area contributed by atoms with E-state index in [1.807, 2.05) is 18.2 Å². The van der Waals surface area contributed by atoms with Crippen molar-refractivity contribution < 1.29 is 28.5 Å². The van der Waals surface area contributed by atoms with E-state index in [0.29, 0.717) is 13.2 Å². The molecule has 6 aliphatic rings. The molecule has 6 aliphatic heterocycles. The first-order valence-electron chi connectivity index (χ1n) is 13.7. The van der Waals surface area contributed by atoms with Crippen LogP contribution in [0.25, 0.3) is 0 Å². The van der Waals surface area contributed by atoms with Gasteiger partial charge in [-0.1, -0.05) is 30.3 Å². The molecule has 3 aromatic rings. The second-order valence-corrected chi connectivity index (χ2v) is 11.6. The van der Waals surface area contributed by atoms with Gasteiger partial charge < -0.3 is 28.6 Å². The minimum atomic E-state index is -0.212. The van der Waals surface area contributed by atoms with Gasteiger partial charge in [0.2, 0.25) is 19.5 Å². The van der Waals surface area contributed by atoms with Crippen LogP contribution >= 0.6 is 0 Å². The van der Waals surface area contributed by atoms with E-state index in [9.17, 15) is 4.79 Å². The van der Waals surface area contributed by atoms with Crippen molar-refractivity contribution in [3.63, 3.8) is 0 Å². The average molecular weight is 525 g/mol. The number of carbonyl (C=O) groups is 1. The monoisotopic (exact) mass is 524 g/mol. The Bertz CT molecular complexity index is 1540. The molecule has 5 unspecified atom stereocenters. The molecule has 0 aliphatic carbocycles. The van der Waals surface area contributed by atoms with E-state index in [2.05, 4.69) is 53.1 Å². The molecule has 1 amide bonds. The van der Waals surface area contributed by atoms with Crippen molar-refractivity contribution >= 4 is 5.91 Å². The Kier molecular flexibility index (Phi) is 4.35. The van der Waals surface area contributed by atoms with Crippen molar-refractivity contribution in [2.24, 2.45) is 0 Å². The van der Waals surface area contributed by atoms with Crippen LogP contribution in [0.3, 0.4) is 0 Å². The molecular weight excluding hydrogens is 496 g/mol. The van der Waals surface area contributed by atoms with Gasteiger partial charge >= 0.3 is 0 Å². The molecule has 0 saturated carbocycles. The fourth-order valence-electron chi connectivity index (χ4n) is 7.96. The fourth-order valence-corrected chi connectivity index (χ4v) is 7.96. The molecule has 0 aromatic heterocycles. The Balaban J connectivity index is 1.15. The van der Waals surface area contributed by atoms with Gasteiger partial charge in [-0.2, -0.15) is 0 Å². The summed E-state index contributed by atoms with van der Waals surface area (Å²) in [5, 5.41) is 0. The van der Waals surface area contributed by atoms with Crippen LogP contribution in [0.5, 0.6) is 23.0 Å².